The first kappa shape index (κ1) is 18.0. The van der Waals surface area contributed by atoms with E-state index in [1.54, 1.807) is 4.68 Å². The van der Waals surface area contributed by atoms with Crippen molar-refractivity contribution < 1.29 is 9.53 Å². The molecule has 0 fully saturated rings. The third-order valence-electron chi connectivity index (χ3n) is 4.37. The number of carbonyl (C=O) groups excluding carboxylic acids is 1. The van der Waals surface area contributed by atoms with Gasteiger partial charge in [0.05, 0.1) is 11.4 Å². The summed E-state index contributed by atoms with van der Waals surface area (Å²) in [5.74, 6) is 0.545. The van der Waals surface area contributed by atoms with Crippen LogP contribution in [0.15, 0.2) is 0 Å². The quantitative estimate of drug-likeness (QED) is 0.870. The van der Waals surface area contributed by atoms with Gasteiger partial charge in [0.15, 0.2) is 12.4 Å². The number of nitrogens with one attached hydrogen (secondary N) is 1. The normalized spacial score (nSPS) is 12.3. The lowest BCUT2D eigenvalue weighted by molar-refractivity contribution is -0.123. The Morgan fingerprint density at radius 3 is 2.17 bits per heavy atom. The second-order valence-electron chi connectivity index (χ2n) is 6.36. The molecule has 1 atom stereocenters. The second-order valence-corrected chi connectivity index (χ2v) is 6.36. The summed E-state index contributed by atoms with van der Waals surface area (Å²) in [5.41, 5.74) is 5.03. The highest BCUT2D eigenvalue weighted by atomic mass is 16.5. The predicted molar refractivity (Wildman–Crippen MR) is 92.2 cm³/mol. The van der Waals surface area contributed by atoms with Crippen LogP contribution >= 0.6 is 0 Å². The number of ether oxygens (including phenoxy) is 1. The van der Waals surface area contributed by atoms with Gasteiger partial charge in [-0.05, 0) is 46.6 Å². The van der Waals surface area contributed by atoms with E-state index in [0.29, 0.717) is 5.75 Å². The molecule has 0 saturated heterocycles. The smallest absolute Gasteiger partial charge is 0.258 e. The van der Waals surface area contributed by atoms with E-state index < -0.39 is 0 Å². The summed E-state index contributed by atoms with van der Waals surface area (Å²) in [7, 11) is 3.79. The van der Waals surface area contributed by atoms with Crippen molar-refractivity contribution in [1.82, 2.24) is 24.9 Å². The Morgan fingerprint density at radius 1 is 1.08 bits per heavy atom. The fourth-order valence-electron chi connectivity index (χ4n) is 2.89. The summed E-state index contributed by atoms with van der Waals surface area (Å²) in [4.78, 5) is 12.1. The summed E-state index contributed by atoms with van der Waals surface area (Å²) in [6.45, 7) is 9.81. The van der Waals surface area contributed by atoms with Crippen LogP contribution in [0.4, 0.5) is 0 Å². The Hall–Kier alpha value is -2.31. The van der Waals surface area contributed by atoms with Gasteiger partial charge >= 0.3 is 0 Å². The molecule has 24 heavy (non-hydrogen) atoms. The van der Waals surface area contributed by atoms with Crippen LogP contribution in [-0.2, 0) is 25.3 Å². The molecule has 132 valence electrons. The SMILES string of the molecule is Cc1nn(C)c(C)c1C[C@H](C)NC(=O)COc1c(C)nn(C)c1C. The van der Waals surface area contributed by atoms with Gasteiger partial charge in [0, 0.05) is 25.8 Å². The van der Waals surface area contributed by atoms with Gasteiger partial charge in [-0.15, -0.1) is 0 Å². The molecular weight excluding hydrogens is 306 g/mol. The number of carbonyl (C=O) groups is 1. The van der Waals surface area contributed by atoms with Gasteiger partial charge in [-0.3, -0.25) is 14.2 Å². The van der Waals surface area contributed by atoms with Crippen LogP contribution in [0.5, 0.6) is 5.75 Å². The molecule has 2 heterocycles. The van der Waals surface area contributed by atoms with Gasteiger partial charge in [0.25, 0.3) is 5.91 Å². The number of nitrogens with zero attached hydrogens (tertiary/aromatic N) is 4. The van der Waals surface area contributed by atoms with Crippen molar-refractivity contribution in [2.75, 3.05) is 6.61 Å². The number of hydrogen-bond acceptors (Lipinski definition) is 4. The van der Waals surface area contributed by atoms with E-state index in [1.807, 2.05) is 53.4 Å². The molecule has 2 aromatic heterocycles. The molecule has 0 aromatic carbocycles. The van der Waals surface area contributed by atoms with Crippen molar-refractivity contribution in [3.8, 4) is 5.75 Å². The van der Waals surface area contributed by atoms with Crippen molar-refractivity contribution in [1.29, 1.82) is 0 Å². The van der Waals surface area contributed by atoms with Gasteiger partial charge in [-0.1, -0.05) is 0 Å². The Kier molecular flexibility index (Phi) is 5.31. The fourth-order valence-corrected chi connectivity index (χ4v) is 2.89. The zero-order valence-corrected chi connectivity index (χ0v) is 15.6. The molecule has 1 amide bonds. The van der Waals surface area contributed by atoms with Gasteiger partial charge in [0.1, 0.15) is 5.69 Å². The Bertz CT molecular complexity index is 745. The number of aryl methyl sites for hydroxylation is 4. The van der Waals surface area contributed by atoms with E-state index >= 15 is 0 Å². The highest BCUT2D eigenvalue weighted by molar-refractivity contribution is 5.77. The summed E-state index contributed by atoms with van der Waals surface area (Å²) >= 11 is 0. The average molecular weight is 333 g/mol. The zero-order chi connectivity index (χ0) is 18.0. The summed E-state index contributed by atoms with van der Waals surface area (Å²) in [6.07, 6.45) is 0.752. The Balaban J connectivity index is 1.90. The first-order chi connectivity index (χ1) is 11.2. The Labute approximate surface area is 143 Å². The zero-order valence-electron chi connectivity index (χ0n) is 15.6. The van der Waals surface area contributed by atoms with E-state index in [4.69, 9.17) is 4.74 Å². The Morgan fingerprint density at radius 2 is 1.67 bits per heavy atom. The maximum atomic E-state index is 12.1. The molecule has 0 aliphatic rings. The van der Waals surface area contributed by atoms with E-state index in [-0.39, 0.29) is 18.6 Å². The van der Waals surface area contributed by atoms with Crippen molar-refractivity contribution in [3.05, 3.63) is 28.3 Å². The second kappa shape index (κ2) is 7.07. The number of hydrogen-bond donors (Lipinski definition) is 1. The molecule has 2 rings (SSSR count). The minimum atomic E-state index is -0.135. The lowest BCUT2D eigenvalue weighted by atomic mass is 10.1. The van der Waals surface area contributed by atoms with Crippen LogP contribution in [-0.4, -0.2) is 38.1 Å². The van der Waals surface area contributed by atoms with Crippen LogP contribution in [0.1, 0.15) is 35.3 Å². The topological polar surface area (TPSA) is 74.0 Å². The van der Waals surface area contributed by atoms with E-state index in [2.05, 4.69) is 15.5 Å². The predicted octanol–water partition coefficient (Wildman–Crippen LogP) is 1.51. The maximum absolute atomic E-state index is 12.1. The molecule has 0 bridgehead atoms. The van der Waals surface area contributed by atoms with Crippen LogP contribution < -0.4 is 10.1 Å². The average Bonchev–Trinajstić information content (AvgIpc) is 2.87. The van der Waals surface area contributed by atoms with Crippen LogP contribution in [0.3, 0.4) is 0 Å². The third-order valence-corrected chi connectivity index (χ3v) is 4.37. The molecule has 1 N–H and O–H groups in total. The molecule has 2 aromatic rings. The minimum Gasteiger partial charge on any atom is -0.480 e. The highest BCUT2D eigenvalue weighted by Crippen LogP contribution is 2.21. The molecule has 0 radical (unpaired) electrons. The van der Waals surface area contributed by atoms with E-state index in [0.717, 1.165) is 29.2 Å². The van der Waals surface area contributed by atoms with Crippen molar-refractivity contribution in [3.63, 3.8) is 0 Å². The number of rotatable bonds is 6. The molecular formula is C17H27N5O2. The third kappa shape index (κ3) is 3.77. The van der Waals surface area contributed by atoms with Crippen LogP contribution in [0.25, 0.3) is 0 Å². The minimum absolute atomic E-state index is 0.0112. The van der Waals surface area contributed by atoms with Crippen LogP contribution in [0, 0.1) is 27.7 Å². The lowest BCUT2D eigenvalue weighted by Crippen LogP contribution is -2.37. The first-order valence-electron chi connectivity index (χ1n) is 8.12. The monoisotopic (exact) mass is 333 g/mol. The number of aromatic nitrogens is 4. The largest absolute Gasteiger partial charge is 0.480 e. The summed E-state index contributed by atoms with van der Waals surface area (Å²) in [5, 5.41) is 11.7. The van der Waals surface area contributed by atoms with Gasteiger partial charge in [0.2, 0.25) is 0 Å². The molecule has 7 heteroatoms. The van der Waals surface area contributed by atoms with Crippen molar-refractivity contribution >= 4 is 5.91 Å². The molecule has 7 nitrogen and oxygen atoms in total. The number of amides is 1. The standard InChI is InChI=1S/C17H27N5O2/c1-10(8-15-11(2)19-21(6)13(15)4)18-16(23)9-24-17-12(3)20-22(7)14(17)5/h10H,8-9H2,1-7H3,(H,18,23)/t10-/m0/s1. The lowest BCUT2D eigenvalue weighted by Gasteiger charge is -2.15. The van der Waals surface area contributed by atoms with E-state index in [9.17, 15) is 4.79 Å². The molecule has 0 aliphatic carbocycles. The molecule has 0 spiro atoms. The maximum Gasteiger partial charge on any atom is 0.258 e. The van der Waals surface area contributed by atoms with Gasteiger partial charge < -0.3 is 10.1 Å². The van der Waals surface area contributed by atoms with Gasteiger partial charge in [-0.2, -0.15) is 10.2 Å². The molecule has 0 unspecified atom stereocenters. The highest BCUT2D eigenvalue weighted by Gasteiger charge is 2.16. The van der Waals surface area contributed by atoms with Crippen molar-refractivity contribution in [2.45, 2.75) is 47.1 Å². The van der Waals surface area contributed by atoms with E-state index in [1.165, 1.54) is 5.56 Å². The van der Waals surface area contributed by atoms with Crippen molar-refractivity contribution in [2.24, 2.45) is 14.1 Å². The first-order valence-corrected chi connectivity index (χ1v) is 8.12. The van der Waals surface area contributed by atoms with Gasteiger partial charge in [-0.25, -0.2) is 0 Å². The van der Waals surface area contributed by atoms with Crippen LogP contribution in [0.2, 0.25) is 0 Å². The summed E-state index contributed by atoms with van der Waals surface area (Å²) < 4.78 is 9.26. The fraction of sp³-hybridized carbons (Fsp3) is 0.588. The summed E-state index contributed by atoms with van der Waals surface area (Å²) in [6, 6.07) is 0.0128. The molecule has 0 aliphatic heterocycles. The molecule has 0 saturated carbocycles.